The van der Waals surface area contributed by atoms with Gasteiger partial charge < -0.3 is 40.3 Å². The second-order valence-electron chi connectivity index (χ2n) is 17.6. The molecule has 360 valence electrons. The summed E-state index contributed by atoms with van der Waals surface area (Å²) in [5.74, 6) is -0.193. The van der Waals surface area contributed by atoms with Crippen molar-refractivity contribution in [3.05, 3.63) is 60.8 Å². The van der Waals surface area contributed by atoms with E-state index >= 15 is 0 Å². The number of aliphatic hydroxyl groups excluding tert-OH is 5. The van der Waals surface area contributed by atoms with Gasteiger partial charge in [0.15, 0.2) is 6.29 Å². The van der Waals surface area contributed by atoms with E-state index in [1.54, 1.807) is 6.08 Å². The maximum absolute atomic E-state index is 13.0. The van der Waals surface area contributed by atoms with E-state index in [4.69, 9.17) is 9.47 Å². The van der Waals surface area contributed by atoms with Crippen molar-refractivity contribution in [2.24, 2.45) is 0 Å². The Morgan fingerprint density at radius 1 is 0.565 bits per heavy atom. The summed E-state index contributed by atoms with van der Waals surface area (Å²) in [6.07, 6.45) is 49.8. The van der Waals surface area contributed by atoms with Gasteiger partial charge in [-0.1, -0.05) is 197 Å². The highest BCUT2D eigenvalue weighted by Crippen LogP contribution is 2.23. The number of unbranched alkanes of at least 4 members (excludes halogenated alkanes) is 24. The first-order valence-electron chi connectivity index (χ1n) is 25.5. The smallest absolute Gasteiger partial charge is 0.220 e. The molecule has 1 heterocycles. The Labute approximate surface area is 379 Å². The Balaban J connectivity index is 2.32. The molecule has 0 aliphatic carbocycles. The predicted octanol–water partition coefficient (Wildman–Crippen LogP) is 11.6. The molecule has 7 atom stereocenters. The summed E-state index contributed by atoms with van der Waals surface area (Å²) in [5, 5.41) is 54.3. The maximum atomic E-state index is 13.0. The third-order valence-corrected chi connectivity index (χ3v) is 11.8. The third-order valence-electron chi connectivity index (χ3n) is 11.8. The Bertz CT molecular complexity index is 1150. The zero-order valence-corrected chi connectivity index (χ0v) is 39.6. The van der Waals surface area contributed by atoms with Crippen molar-refractivity contribution in [3.8, 4) is 0 Å². The number of allylic oxidation sites excluding steroid dienone is 9. The standard InChI is InChI=1S/C53H95NO8/c1-3-5-7-9-11-13-15-17-19-21-23-24-25-27-29-31-33-35-37-39-41-43-49(57)54-46(45-61-53-52(60)51(59)50(58)48(44-55)62-53)47(56)42-40-38-36-34-32-30-28-26-22-20-18-16-14-12-10-8-6-4-2/h5,7,11,13,22,26,32,34,40,42,46-48,50-53,55-56,58-60H,3-4,6,8-10,12,14-21,23-25,27-31,33,35-39,41,43-45H2,1-2H3,(H,54,57)/b7-5-,13-11-,26-22+,34-32+,42-40+. The van der Waals surface area contributed by atoms with Crippen LogP contribution in [0.25, 0.3) is 0 Å². The molecule has 9 nitrogen and oxygen atoms in total. The lowest BCUT2D eigenvalue weighted by Gasteiger charge is -2.40. The van der Waals surface area contributed by atoms with Gasteiger partial charge in [0.2, 0.25) is 5.91 Å². The fourth-order valence-corrected chi connectivity index (χ4v) is 7.75. The van der Waals surface area contributed by atoms with Gasteiger partial charge in [0.05, 0.1) is 25.4 Å². The van der Waals surface area contributed by atoms with Crippen molar-refractivity contribution >= 4 is 5.91 Å². The quantitative estimate of drug-likeness (QED) is 0.0262. The van der Waals surface area contributed by atoms with Crippen LogP contribution in [-0.2, 0) is 14.3 Å². The molecule has 1 saturated heterocycles. The van der Waals surface area contributed by atoms with Gasteiger partial charge in [-0.25, -0.2) is 0 Å². The van der Waals surface area contributed by atoms with E-state index in [-0.39, 0.29) is 12.5 Å². The lowest BCUT2D eigenvalue weighted by molar-refractivity contribution is -0.302. The molecular formula is C53H95NO8. The van der Waals surface area contributed by atoms with Crippen molar-refractivity contribution in [2.45, 2.75) is 256 Å². The Hall–Kier alpha value is -2.11. The van der Waals surface area contributed by atoms with Gasteiger partial charge in [-0.3, -0.25) is 4.79 Å². The van der Waals surface area contributed by atoms with Crippen molar-refractivity contribution in [2.75, 3.05) is 13.2 Å². The van der Waals surface area contributed by atoms with Gasteiger partial charge in [0.25, 0.3) is 0 Å². The van der Waals surface area contributed by atoms with Gasteiger partial charge >= 0.3 is 0 Å². The van der Waals surface area contributed by atoms with Crippen LogP contribution in [0.4, 0.5) is 0 Å². The fraction of sp³-hybridized carbons (Fsp3) is 0.792. The minimum Gasteiger partial charge on any atom is -0.394 e. The first-order valence-corrected chi connectivity index (χ1v) is 25.5. The zero-order valence-electron chi connectivity index (χ0n) is 39.6. The van der Waals surface area contributed by atoms with Crippen LogP contribution in [0.2, 0.25) is 0 Å². The molecule has 0 aromatic carbocycles. The molecule has 0 aromatic heterocycles. The molecule has 9 heteroatoms. The molecule has 1 aliphatic rings. The summed E-state index contributed by atoms with van der Waals surface area (Å²) >= 11 is 0. The number of aliphatic hydroxyl groups is 5. The molecule has 1 amide bonds. The highest BCUT2D eigenvalue weighted by molar-refractivity contribution is 5.76. The van der Waals surface area contributed by atoms with Crippen molar-refractivity contribution < 1.29 is 39.8 Å². The van der Waals surface area contributed by atoms with Crippen LogP contribution < -0.4 is 5.32 Å². The molecule has 0 aromatic rings. The van der Waals surface area contributed by atoms with E-state index in [1.807, 2.05) is 6.08 Å². The lowest BCUT2D eigenvalue weighted by atomic mass is 9.99. The van der Waals surface area contributed by atoms with Crippen LogP contribution in [0.15, 0.2) is 60.8 Å². The van der Waals surface area contributed by atoms with Gasteiger partial charge in [0.1, 0.15) is 24.4 Å². The summed E-state index contributed by atoms with van der Waals surface area (Å²) in [6, 6.07) is -0.829. The second kappa shape index (κ2) is 42.8. The number of hydrogen-bond acceptors (Lipinski definition) is 8. The summed E-state index contributed by atoms with van der Waals surface area (Å²) < 4.78 is 11.2. The summed E-state index contributed by atoms with van der Waals surface area (Å²) in [5.41, 5.74) is 0. The molecule has 0 saturated carbocycles. The number of rotatable bonds is 42. The number of carbonyl (C=O) groups is 1. The minimum absolute atomic E-state index is 0.193. The van der Waals surface area contributed by atoms with Crippen LogP contribution in [-0.4, -0.2) is 87.5 Å². The van der Waals surface area contributed by atoms with Gasteiger partial charge in [-0.05, 0) is 70.6 Å². The molecule has 62 heavy (non-hydrogen) atoms. The SMILES string of the molecule is CC/C=C\C/C=C\CCCCCCCCCCCCCCCCC(=O)NC(COC1OC(CO)C(O)C(O)C1O)C(O)/C=C/CC/C=C/CC/C=C/CCCCCCCCCC. The fourth-order valence-electron chi connectivity index (χ4n) is 7.75. The lowest BCUT2D eigenvalue weighted by Crippen LogP contribution is -2.60. The van der Waals surface area contributed by atoms with E-state index in [1.165, 1.54) is 135 Å². The molecule has 1 aliphatic heterocycles. The first kappa shape index (κ1) is 57.9. The number of amides is 1. The van der Waals surface area contributed by atoms with Crippen molar-refractivity contribution in [1.29, 1.82) is 0 Å². The van der Waals surface area contributed by atoms with Crippen LogP contribution in [0, 0.1) is 0 Å². The molecule has 6 N–H and O–H groups in total. The number of carbonyl (C=O) groups excluding carboxylic acids is 1. The summed E-state index contributed by atoms with van der Waals surface area (Å²) in [6.45, 7) is 3.65. The average Bonchev–Trinajstić information content (AvgIpc) is 3.27. The zero-order chi connectivity index (χ0) is 45.1. The van der Waals surface area contributed by atoms with E-state index in [9.17, 15) is 30.3 Å². The van der Waals surface area contributed by atoms with E-state index in [2.05, 4.69) is 67.8 Å². The Morgan fingerprint density at radius 2 is 1.02 bits per heavy atom. The molecule has 0 radical (unpaired) electrons. The van der Waals surface area contributed by atoms with Crippen LogP contribution in [0.5, 0.6) is 0 Å². The summed E-state index contributed by atoms with van der Waals surface area (Å²) in [7, 11) is 0. The third kappa shape index (κ3) is 32.5. The van der Waals surface area contributed by atoms with E-state index in [0.29, 0.717) is 6.42 Å². The van der Waals surface area contributed by atoms with Gasteiger partial charge in [-0.2, -0.15) is 0 Å². The predicted molar refractivity (Wildman–Crippen MR) is 258 cm³/mol. The van der Waals surface area contributed by atoms with Gasteiger partial charge in [-0.15, -0.1) is 0 Å². The normalized spacial score (nSPS) is 20.8. The first-order chi connectivity index (χ1) is 30.3. The number of hydrogen-bond donors (Lipinski definition) is 6. The minimum atomic E-state index is -1.58. The van der Waals surface area contributed by atoms with Crippen LogP contribution in [0.1, 0.15) is 213 Å². The van der Waals surface area contributed by atoms with Crippen molar-refractivity contribution in [1.82, 2.24) is 5.32 Å². The Kier molecular flexibility index (Phi) is 40.0. The highest BCUT2D eigenvalue weighted by atomic mass is 16.7. The Morgan fingerprint density at radius 3 is 1.53 bits per heavy atom. The molecule has 1 rings (SSSR count). The maximum Gasteiger partial charge on any atom is 0.220 e. The molecular weight excluding hydrogens is 779 g/mol. The van der Waals surface area contributed by atoms with Crippen LogP contribution in [0.3, 0.4) is 0 Å². The highest BCUT2D eigenvalue weighted by Gasteiger charge is 2.44. The average molecular weight is 874 g/mol. The molecule has 7 unspecified atom stereocenters. The number of ether oxygens (including phenoxy) is 2. The summed E-state index contributed by atoms with van der Waals surface area (Å²) in [4.78, 5) is 13.0. The molecule has 0 bridgehead atoms. The molecule has 0 spiro atoms. The number of nitrogens with one attached hydrogen (secondary N) is 1. The van der Waals surface area contributed by atoms with Crippen LogP contribution >= 0.6 is 0 Å². The second-order valence-corrected chi connectivity index (χ2v) is 17.6. The van der Waals surface area contributed by atoms with E-state index < -0.39 is 49.5 Å². The van der Waals surface area contributed by atoms with E-state index in [0.717, 1.165) is 57.8 Å². The largest absolute Gasteiger partial charge is 0.394 e. The van der Waals surface area contributed by atoms with Gasteiger partial charge in [0, 0.05) is 6.42 Å². The van der Waals surface area contributed by atoms with Crippen molar-refractivity contribution in [3.63, 3.8) is 0 Å². The monoisotopic (exact) mass is 874 g/mol. The molecule has 1 fully saturated rings. The topological polar surface area (TPSA) is 149 Å².